The zero-order valence-corrected chi connectivity index (χ0v) is 26.4. The van der Waals surface area contributed by atoms with Crippen LogP contribution >= 0.6 is 15.9 Å². The van der Waals surface area contributed by atoms with E-state index in [-0.39, 0.29) is 17.4 Å². The molecule has 2 N–H and O–H groups in total. The summed E-state index contributed by atoms with van der Waals surface area (Å²) in [5.41, 5.74) is 6.78. The maximum absolute atomic E-state index is 13.1. The number of carbonyl (C=O) groups is 3. The SMILES string of the molecule is Cc1cccc(C=NNC(=O)c2cc(Br)ccc2NC(=O)c2ccc(CN3CCN(CC(=O)N4CCOCC4)CC3)cc2)c1. The van der Waals surface area contributed by atoms with Gasteiger partial charge in [-0.25, -0.2) is 5.43 Å². The molecule has 3 amide bonds. The van der Waals surface area contributed by atoms with Crippen molar-refractivity contribution in [1.82, 2.24) is 20.1 Å². The number of anilines is 1. The summed E-state index contributed by atoms with van der Waals surface area (Å²) in [5.74, 6) is -0.570. The van der Waals surface area contributed by atoms with Gasteiger partial charge in [-0.1, -0.05) is 57.9 Å². The van der Waals surface area contributed by atoms with Crippen LogP contribution in [0.3, 0.4) is 0 Å². The van der Waals surface area contributed by atoms with Gasteiger partial charge in [0.2, 0.25) is 5.91 Å². The number of rotatable bonds is 9. The van der Waals surface area contributed by atoms with Gasteiger partial charge in [-0.2, -0.15) is 5.10 Å². The lowest BCUT2D eigenvalue weighted by Gasteiger charge is -2.36. The molecule has 0 aromatic heterocycles. The fraction of sp³-hybridized carbons (Fsp3) is 0.333. The molecule has 2 fully saturated rings. The van der Waals surface area contributed by atoms with Crippen molar-refractivity contribution in [3.63, 3.8) is 0 Å². The summed E-state index contributed by atoms with van der Waals surface area (Å²) in [7, 11) is 0. The lowest BCUT2D eigenvalue weighted by atomic mass is 10.1. The maximum Gasteiger partial charge on any atom is 0.273 e. The number of aryl methyl sites for hydroxylation is 1. The number of hydrogen-bond acceptors (Lipinski definition) is 7. The van der Waals surface area contributed by atoms with E-state index in [9.17, 15) is 14.4 Å². The van der Waals surface area contributed by atoms with E-state index in [0.29, 0.717) is 48.6 Å². The standard InChI is InChI=1S/C33H37BrN6O4/c1-24-3-2-4-26(19-24)21-35-37-33(43)29-20-28(34)9-10-30(29)36-32(42)27-7-5-25(6-8-27)22-38-11-13-39(14-12-38)23-31(41)40-15-17-44-18-16-40/h2-10,19-21H,11-18,22-23H2,1H3,(H,36,42)(H,37,43). The van der Waals surface area contributed by atoms with Crippen molar-refractivity contribution in [2.24, 2.45) is 5.10 Å². The molecule has 11 heteroatoms. The number of hydrazone groups is 1. The molecule has 2 aliphatic heterocycles. The number of morpholine rings is 1. The normalized spacial score (nSPS) is 16.2. The average molecular weight is 662 g/mol. The van der Waals surface area contributed by atoms with Crippen LogP contribution in [-0.4, -0.2) is 97.7 Å². The van der Waals surface area contributed by atoms with Crippen LogP contribution < -0.4 is 10.7 Å². The molecule has 2 heterocycles. The van der Waals surface area contributed by atoms with Crippen LogP contribution in [0.4, 0.5) is 5.69 Å². The highest BCUT2D eigenvalue weighted by Gasteiger charge is 2.23. The molecule has 10 nitrogen and oxygen atoms in total. The van der Waals surface area contributed by atoms with Gasteiger partial charge in [0.25, 0.3) is 11.8 Å². The summed E-state index contributed by atoms with van der Waals surface area (Å²) in [6.45, 7) is 9.25. The monoisotopic (exact) mass is 660 g/mol. The van der Waals surface area contributed by atoms with Crippen LogP contribution in [0.5, 0.6) is 0 Å². The second-order valence-electron chi connectivity index (χ2n) is 11.0. The predicted molar refractivity (Wildman–Crippen MR) is 174 cm³/mol. The highest BCUT2D eigenvalue weighted by Crippen LogP contribution is 2.22. The molecule has 0 unspecified atom stereocenters. The molecule has 2 saturated heterocycles. The lowest BCUT2D eigenvalue weighted by molar-refractivity contribution is -0.136. The molecule has 0 atom stereocenters. The number of ether oxygens (including phenoxy) is 1. The van der Waals surface area contributed by atoms with E-state index >= 15 is 0 Å². The van der Waals surface area contributed by atoms with Crippen molar-refractivity contribution in [1.29, 1.82) is 0 Å². The summed E-state index contributed by atoms with van der Waals surface area (Å²) < 4.78 is 6.05. The van der Waals surface area contributed by atoms with E-state index in [1.165, 1.54) is 0 Å². The highest BCUT2D eigenvalue weighted by atomic mass is 79.9. The number of halogens is 1. The summed E-state index contributed by atoms with van der Waals surface area (Å²) in [6.07, 6.45) is 1.58. The molecular formula is C33H37BrN6O4. The molecule has 0 bridgehead atoms. The van der Waals surface area contributed by atoms with Crippen LogP contribution in [0.1, 0.15) is 37.4 Å². The molecule has 0 aliphatic carbocycles. The van der Waals surface area contributed by atoms with Gasteiger partial charge in [0.15, 0.2) is 0 Å². The fourth-order valence-corrected chi connectivity index (χ4v) is 5.57. The van der Waals surface area contributed by atoms with Crippen LogP contribution in [0.15, 0.2) is 76.3 Å². The minimum Gasteiger partial charge on any atom is -0.378 e. The Kier molecular flexibility index (Phi) is 10.9. The third-order valence-electron chi connectivity index (χ3n) is 7.71. The van der Waals surface area contributed by atoms with Crippen LogP contribution in [0.2, 0.25) is 0 Å². The predicted octanol–water partition coefficient (Wildman–Crippen LogP) is 3.75. The molecule has 44 heavy (non-hydrogen) atoms. The van der Waals surface area contributed by atoms with Gasteiger partial charge in [-0.05, 0) is 48.4 Å². The molecule has 3 aromatic carbocycles. The molecule has 230 valence electrons. The number of carbonyl (C=O) groups excluding carboxylic acids is 3. The van der Waals surface area contributed by atoms with Crippen molar-refractivity contribution in [3.05, 3.63) is 99.0 Å². The van der Waals surface area contributed by atoms with E-state index < -0.39 is 5.91 Å². The first-order valence-corrected chi connectivity index (χ1v) is 15.5. The van der Waals surface area contributed by atoms with Gasteiger partial charge in [0.05, 0.1) is 37.2 Å². The van der Waals surface area contributed by atoms with Gasteiger partial charge >= 0.3 is 0 Å². The van der Waals surface area contributed by atoms with Gasteiger partial charge in [0, 0.05) is 55.8 Å². The average Bonchev–Trinajstić information content (AvgIpc) is 3.03. The topological polar surface area (TPSA) is 107 Å². The molecule has 0 saturated carbocycles. The Balaban J connectivity index is 1.12. The Morgan fingerprint density at radius 3 is 2.34 bits per heavy atom. The number of piperazine rings is 1. The van der Waals surface area contributed by atoms with Crippen LogP contribution in [0, 0.1) is 6.92 Å². The van der Waals surface area contributed by atoms with Crippen molar-refractivity contribution < 1.29 is 19.1 Å². The second-order valence-corrected chi connectivity index (χ2v) is 11.9. The minimum absolute atomic E-state index is 0.179. The second kappa shape index (κ2) is 15.2. The Morgan fingerprint density at radius 1 is 0.886 bits per heavy atom. The first-order valence-electron chi connectivity index (χ1n) is 14.7. The third-order valence-corrected chi connectivity index (χ3v) is 8.20. The van der Waals surface area contributed by atoms with E-state index in [2.05, 4.69) is 41.6 Å². The molecule has 5 rings (SSSR count). The molecule has 0 radical (unpaired) electrons. The van der Waals surface area contributed by atoms with Crippen molar-refractivity contribution >= 4 is 45.6 Å². The Bertz CT molecular complexity index is 1500. The Hall–Kier alpha value is -3.90. The van der Waals surface area contributed by atoms with Gasteiger partial charge < -0.3 is 15.0 Å². The first kappa shape index (κ1) is 31.5. The molecule has 2 aliphatic rings. The van der Waals surface area contributed by atoms with E-state index in [1.54, 1.807) is 36.5 Å². The van der Waals surface area contributed by atoms with Crippen LogP contribution in [-0.2, 0) is 16.1 Å². The molecular weight excluding hydrogens is 624 g/mol. The van der Waals surface area contributed by atoms with E-state index in [4.69, 9.17) is 4.74 Å². The number of benzene rings is 3. The van der Waals surface area contributed by atoms with Gasteiger partial charge in [-0.15, -0.1) is 0 Å². The van der Waals surface area contributed by atoms with E-state index in [0.717, 1.165) is 49.4 Å². The largest absolute Gasteiger partial charge is 0.378 e. The lowest BCUT2D eigenvalue weighted by Crippen LogP contribution is -2.51. The number of amides is 3. The van der Waals surface area contributed by atoms with Crippen molar-refractivity contribution in [3.8, 4) is 0 Å². The van der Waals surface area contributed by atoms with Crippen molar-refractivity contribution in [2.45, 2.75) is 13.5 Å². The summed E-state index contributed by atoms with van der Waals surface area (Å²) >= 11 is 3.41. The minimum atomic E-state index is -0.439. The summed E-state index contributed by atoms with van der Waals surface area (Å²) in [4.78, 5) is 45.1. The maximum atomic E-state index is 13.1. The number of hydrogen-bond donors (Lipinski definition) is 2. The first-order chi connectivity index (χ1) is 21.3. The smallest absolute Gasteiger partial charge is 0.273 e. The summed E-state index contributed by atoms with van der Waals surface area (Å²) in [6, 6.07) is 20.4. The zero-order chi connectivity index (χ0) is 30.9. The van der Waals surface area contributed by atoms with E-state index in [1.807, 2.05) is 48.2 Å². The Labute approximate surface area is 266 Å². The quantitative estimate of drug-likeness (QED) is 0.268. The Morgan fingerprint density at radius 2 is 1.61 bits per heavy atom. The van der Waals surface area contributed by atoms with Crippen LogP contribution in [0.25, 0.3) is 0 Å². The zero-order valence-electron chi connectivity index (χ0n) is 24.8. The highest BCUT2D eigenvalue weighted by molar-refractivity contribution is 9.10. The third kappa shape index (κ3) is 8.82. The number of nitrogens with one attached hydrogen (secondary N) is 2. The fourth-order valence-electron chi connectivity index (χ4n) is 5.21. The van der Waals surface area contributed by atoms with Crippen molar-refractivity contribution in [2.75, 3.05) is 64.3 Å². The summed E-state index contributed by atoms with van der Waals surface area (Å²) in [5, 5.41) is 6.95. The molecule has 3 aromatic rings. The van der Waals surface area contributed by atoms with Gasteiger partial charge in [-0.3, -0.25) is 24.2 Å². The number of nitrogens with zero attached hydrogens (tertiary/aromatic N) is 4. The van der Waals surface area contributed by atoms with Gasteiger partial charge in [0.1, 0.15) is 0 Å². The molecule has 0 spiro atoms.